The summed E-state index contributed by atoms with van der Waals surface area (Å²) in [6, 6.07) is 5.47. The van der Waals surface area contributed by atoms with Crippen molar-refractivity contribution in [3.8, 4) is 0 Å². The Hall–Kier alpha value is -2.42. The van der Waals surface area contributed by atoms with Crippen LogP contribution >= 0.6 is 0 Å². The highest BCUT2D eigenvalue weighted by atomic mass is 19.4. The smallest absolute Gasteiger partial charge is 0.349 e. The fourth-order valence-corrected chi connectivity index (χ4v) is 3.35. The first-order chi connectivity index (χ1) is 13.8. The maximum absolute atomic E-state index is 12.9. The zero-order valence-corrected chi connectivity index (χ0v) is 16.7. The van der Waals surface area contributed by atoms with Gasteiger partial charge in [-0.15, -0.1) is 10.2 Å². The molecule has 1 unspecified atom stereocenters. The van der Waals surface area contributed by atoms with Crippen LogP contribution in [0.3, 0.4) is 0 Å². The third-order valence-electron chi connectivity index (χ3n) is 5.34. The fourth-order valence-electron chi connectivity index (χ4n) is 3.35. The van der Waals surface area contributed by atoms with Gasteiger partial charge in [0.25, 0.3) is 0 Å². The average Bonchev–Trinajstić information content (AvgIpc) is 2.97. The van der Waals surface area contributed by atoms with Crippen molar-refractivity contribution in [3.05, 3.63) is 47.0 Å². The Morgan fingerprint density at radius 3 is 2.76 bits per heavy atom. The van der Waals surface area contributed by atoms with E-state index in [4.69, 9.17) is 0 Å². The first-order valence-electron chi connectivity index (χ1n) is 9.85. The van der Waals surface area contributed by atoms with Gasteiger partial charge >= 0.3 is 6.18 Å². The van der Waals surface area contributed by atoms with Crippen molar-refractivity contribution in [2.45, 2.75) is 52.5 Å². The lowest BCUT2D eigenvalue weighted by atomic mass is 10.1. The number of rotatable bonds is 6. The molecule has 0 radical (unpaired) electrons. The summed E-state index contributed by atoms with van der Waals surface area (Å²) in [6.45, 7) is 6.61. The summed E-state index contributed by atoms with van der Waals surface area (Å²) in [7, 11) is 0. The van der Waals surface area contributed by atoms with E-state index < -0.39 is 11.7 Å². The summed E-state index contributed by atoms with van der Waals surface area (Å²) in [4.78, 5) is 14.1. The SMILES string of the molecule is CCC(C)C(=O)NCc1nnc2n1CCN(Cc1cccc(C(F)(F)F)c1)CC2. The zero-order valence-electron chi connectivity index (χ0n) is 16.7. The largest absolute Gasteiger partial charge is 0.416 e. The number of carbonyl (C=O) groups is 1. The normalized spacial score (nSPS) is 16.2. The molecule has 0 bridgehead atoms. The topological polar surface area (TPSA) is 63.1 Å². The van der Waals surface area contributed by atoms with Crippen LogP contribution in [0.2, 0.25) is 0 Å². The van der Waals surface area contributed by atoms with Crippen LogP contribution in [0.1, 0.15) is 43.0 Å². The minimum absolute atomic E-state index is 0.00959. The van der Waals surface area contributed by atoms with E-state index in [9.17, 15) is 18.0 Å². The van der Waals surface area contributed by atoms with Gasteiger partial charge in [0, 0.05) is 38.5 Å². The lowest BCUT2D eigenvalue weighted by Gasteiger charge is -2.20. The molecule has 0 aliphatic carbocycles. The highest BCUT2D eigenvalue weighted by molar-refractivity contribution is 5.78. The molecular weight excluding hydrogens is 383 g/mol. The number of hydrogen-bond donors (Lipinski definition) is 1. The summed E-state index contributed by atoms with van der Waals surface area (Å²) in [5.41, 5.74) is 0.0137. The molecule has 2 aromatic rings. The number of benzene rings is 1. The van der Waals surface area contributed by atoms with Gasteiger partial charge in [-0.05, 0) is 18.1 Å². The highest BCUT2D eigenvalue weighted by Crippen LogP contribution is 2.29. The third kappa shape index (κ3) is 5.35. The number of nitrogens with one attached hydrogen (secondary N) is 1. The second kappa shape index (κ2) is 8.94. The van der Waals surface area contributed by atoms with Crippen LogP contribution in [0.4, 0.5) is 13.2 Å². The molecular formula is C20H26F3N5O. The number of halogens is 3. The summed E-state index contributed by atoms with van der Waals surface area (Å²) < 4.78 is 40.8. The molecule has 0 saturated carbocycles. The fraction of sp³-hybridized carbons (Fsp3) is 0.550. The molecule has 1 aromatic heterocycles. The van der Waals surface area contributed by atoms with E-state index in [1.54, 1.807) is 6.07 Å². The van der Waals surface area contributed by atoms with Crippen LogP contribution in [-0.4, -0.2) is 38.7 Å². The number of alkyl halides is 3. The van der Waals surface area contributed by atoms with E-state index in [0.29, 0.717) is 50.5 Å². The summed E-state index contributed by atoms with van der Waals surface area (Å²) in [6.07, 6.45) is -2.91. The monoisotopic (exact) mass is 409 g/mol. The van der Waals surface area contributed by atoms with Gasteiger partial charge in [-0.25, -0.2) is 0 Å². The minimum Gasteiger partial charge on any atom is -0.349 e. The molecule has 0 saturated heterocycles. The van der Waals surface area contributed by atoms with Crippen molar-refractivity contribution >= 4 is 5.91 Å². The van der Waals surface area contributed by atoms with E-state index in [1.165, 1.54) is 12.1 Å². The Morgan fingerprint density at radius 2 is 2.03 bits per heavy atom. The lowest BCUT2D eigenvalue weighted by molar-refractivity contribution is -0.137. The molecule has 1 N–H and O–H groups in total. The van der Waals surface area contributed by atoms with Crippen LogP contribution in [0.15, 0.2) is 24.3 Å². The Bertz CT molecular complexity index is 849. The van der Waals surface area contributed by atoms with Gasteiger partial charge in [-0.3, -0.25) is 9.69 Å². The highest BCUT2D eigenvalue weighted by Gasteiger charge is 2.30. The van der Waals surface area contributed by atoms with Crippen LogP contribution in [0.5, 0.6) is 0 Å². The van der Waals surface area contributed by atoms with E-state index in [-0.39, 0.29) is 11.8 Å². The summed E-state index contributed by atoms with van der Waals surface area (Å²) >= 11 is 0. The van der Waals surface area contributed by atoms with Crippen molar-refractivity contribution in [3.63, 3.8) is 0 Å². The van der Waals surface area contributed by atoms with Gasteiger partial charge in [-0.1, -0.05) is 32.0 Å². The number of nitrogens with zero attached hydrogens (tertiary/aromatic N) is 4. The molecule has 1 atom stereocenters. The molecule has 6 nitrogen and oxygen atoms in total. The quantitative estimate of drug-likeness (QED) is 0.797. The second-order valence-corrected chi connectivity index (χ2v) is 7.44. The molecule has 29 heavy (non-hydrogen) atoms. The Balaban J connectivity index is 1.61. The van der Waals surface area contributed by atoms with E-state index in [2.05, 4.69) is 20.4 Å². The van der Waals surface area contributed by atoms with Gasteiger partial charge in [-0.2, -0.15) is 13.2 Å². The van der Waals surface area contributed by atoms with Gasteiger partial charge in [0.1, 0.15) is 5.82 Å². The lowest BCUT2D eigenvalue weighted by Crippen LogP contribution is -2.30. The minimum atomic E-state index is -4.34. The van der Waals surface area contributed by atoms with Crippen LogP contribution in [-0.2, 0) is 37.0 Å². The molecule has 2 heterocycles. The molecule has 158 valence electrons. The van der Waals surface area contributed by atoms with Crippen molar-refractivity contribution in [1.82, 2.24) is 25.0 Å². The maximum Gasteiger partial charge on any atom is 0.416 e. The summed E-state index contributed by atoms with van der Waals surface area (Å²) in [5.74, 6) is 1.48. The van der Waals surface area contributed by atoms with Gasteiger partial charge < -0.3 is 9.88 Å². The van der Waals surface area contributed by atoms with Crippen molar-refractivity contribution in [2.24, 2.45) is 5.92 Å². The zero-order chi connectivity index (χ0) is 21.0. The molecule has 1 aliphatic heterocycles. The number of aromatic nitrogens is 3. The Morgan fingerprint density at radius 1 is 1.24 bits per heavy atom. The first kappa shape index (κ1) is 21.3. The third-order valence-corrected chi connectivity index (χ3v) is 5.34. The van der Waals surface area contributed by atoms with Gasteiger partial charge in [0.2, 0.25) is 5.91 Å². The maximum atomic E-state index is 12.9. The van der Waals surface area contributed by atoms with Gasteiger partial charge in [0.15, 0.2) is 5.82 Å². The first-order valence-corrected chi connectivity index (χ1v) is 9.85. The van der Waals surface area contributed by atoms with E-state index in [1.807, 2.05) is 18.4 Å². The molecule has 1 aliphatic rings. The predicted molar refractivity (Wildman–Crippen MR) is 102 cm³/mol. The van der Waals surface area contributed by atoms with Crippen LogP contribution in [0.25, 0.3) is 0 Å². The van der Waals surface area contributed by atoms with Crippen molar-refractivity contribution in [1.29, 1.82) is 0 Å². The molecule has 1 aromatic carbocycles. The van der Waals surface area contributed by atoms with Crippen LogP contribution in [0, 0.1) is 5.92 Å². The Labute approximate surface area is 168 Å². The van der Waals surface area contributed by atoms with Crippen LogP contribution < -0.4 is 5.32 Å². The molecule has 3 rings (SSSR count). The van der Waals surface area contributed by atoms with Crippen molar-refractivity contribution in [2.75, 3.05) is 13.1 Å². The average molecular weight is 409 g/mol. The molecule has 0 fully saturated rings. The summed E-state index contributed by atoms with van der Waals surface area (Å²) in [5, 5.41) is 11.3. The number of carbonyl (C=O) groups excluding carboxylic acids is 1. The Kier molecular flexibility index (Phi) is 6.56. The number of amides is 1. The second-order valence-electron chi connectivity index (χ2n) is 7.44. The van der Waals surface area contributed by atoms with E-state index >= 15 is 0 Å². The molecule has 9 heteroatoms. The molecule has 1 amide bonds. The predicted octanol–water partition coefficient (Wildman–Crippen LogP) is 3.02. The van der Waals surface area contributed by atoms with Gasteiger partial charge in [0.05, 0.1) is 12.1 Å². The van der Waals surface area contributed by atoms with E-state index in [0.717, 1.165) is 18.3 Å². The molecule has 0 spiro atoms. The standard InChI is InChI=1S/C20H26F3N5O/c1-3-14(2)19(29)24-12-18-26-25-17-7-8-27(9-10-28(17)18)13-15-5-4-6-16(11-15)20(21,22)23/h4-6,11,14H,3,7-10,12-13H2,1-2H3,(H,24,29). The number of fused-ring (bicyclic) bond motifs is 1. The van der Waals surface area contributed by atoms with Crippen molar-refractivity contribution < 1.29 is 18.0 Å². The number of hydrogen-bond acceptors (Lipinski definition) is 4.